The van der Waals surface area contributed by atoms with Crippen LogP contribution >= 0.6 is 11.3 Å². The zero-order chi connectivity index (χ0) is 16.5. The van der Waals surface area contributed by atoms with Gasteiger partial charge in [0.2, 0.25) is 0 Å². The molecule has 0 aliphatic carbocycles. The van der Waals surface area contributed by atoms with Crippen molar-refractivity contribution in [2.24, 2.45) is 0 Å². The molecule has 1 aromatic heterocycles. The number of ether oxygens (including phenoxy) is 1. The van der Waals surface area contributed by atoms with Crippen molar-refractivity contribution in [3.05, 3.63) is 47.0 Å². The van der Waals surface area contributed by atoms with E-state index in [-0.39, 0.29) is 5.91 Å². The number of anilines is 1. The fourth-order valence-electron chi connectivity index (χ4n) is 3.16. The highest BCUT2D eigenvalue weighted by Gasteiger charge is 2.35. The summed E-state index contributed by atoms with van der Waals surface area (Å²) >= 11 is 1.60. The quantitative estimate of drug-likeness (QED) is 0.775. The van der Waals surface area contributed by atoms with E-state index in [0.29, 0.717) is 25.1 Å². The molecule has 1 saturated heterocycles. The first-order valence-corrected chi connectivity index (χ1v) is 8.82. The maximum absolute atomic E-state index is 12.7. The standard InChI is InChI=1S/C17H17N3O3S/c21-15(14-11-12-3-1-2-4-13(12)16(22)23-14)19-6-8-20(9-7-19)17-18-5-10-24-17/h1-5,10,14H,6-9,11H2. The van der Waals surface area contributed by atoms with E-state index in [4.69, 9.17) is 4.74 Å². The first-order chi connectivity index (χ1) is 11.7. The molecule has 24 heavy (non-hydrogen) atoms. The molecular weight excluding hydrogens is 326 g/mol. The number of benzene rings is 1. The third-order valence-corrected chi connectivity index (χ3v) is 5.28. The molecular formula is C17H17N3O3S. The van der Waals surface area contributed by atoms with Crippen LogP contribution in [0.4, 0.5) is 5.13 Å². The van der Waals surface area contributed by atoms with Crippen molar-refractivity contribution in [2.45, 2.75) is 12.5 Å². The lowest BCUT2D eigenvalue weighted by Crippen LogP contribution is -2.53. The van der Waals surface area contributed by atoms with Gasteiger partial charge < -0.3 is 14.5 Å². The van der Waals surface area contributed by atoms with Crippen molar-refractivity contribution in [3.8, 4) is 0 Å². The number of hydrogen-bond acceptors (Lipinski definition) is 6. The number of cyclic esters (lactones) is 1. The molecule has 1 atom stereocenters. The van der Waals surface area contributed by atoms with Gasteiger partial charge >= 0.3 is 5.97 Å². The molecule has 1 aromatic carbocycles. The summed E-state index contributed by atoms with van der Waals surface area (Å²) in [6, 6.07) is 7.31. The van der Waals surface area contributed by atoms with Gasteiger partial charge in [0.15, 0.2) is 11.2 Å². The second-order valence-electron chi connectivity index (χ2n) is 5.88. The van der Waals surface area contributed by atoms with E-state index in [0.717, 1.165) is 23.8 Å². The molecule has 6 nitrogen and oxygen atoms in total. The van der Waals surface area contributed by atoms with Gasteiger partial charge in [-0.25, -0.2) is 9.78 Å². The third kappa shape index (κ3) is 2.75. The van der Waals surface area contributed by atoms with Gasteiger partial charge in [-0.2, -0.15) is 0 Å². The van der Waals surface area contributed by atoms with Crippen molar-refractivity contribution in [1.29, 1.82) is 0 Å². The van der Waals surface area contributed by atoms with Crippen LogP contribution in [0.1, 0.15) is 15.9 Å². The lowest BCUT2D eigenvalue weighted by Gasteiger charge is -2.36. The summed E-state index contributed by atoms with van der Waals surface area (Å²) in [5, 5.41) is 2.94. The number of fused-ring (bicyclic) bond motifs is 1. The van der Waals surface area contributed by atoms with Crippen LogP contribution in [0.3, 0.4) is 0 Å². The first-order valence-electron chi connectivity index (χ1n) is 7.94. The lowest BCUT2D eigenvalue weighted by molar-refractivity contribution is -0.141. The van der Waals surface area contributed by atoms with Gasteiger partial charge in [0.25, 0.3) is 5.91 Å². The van der Waals surface area contributed by atoms with Crippen LogP contribution in [0.2, 0.25) is 0 Å². The van der Waals surface area contributed by atoms with Crippen LogP contribution in [0.15, 0.2) is 35.8 Å². The van der Waals surface area contributed by atoms with Gasteiger partial charge in [0, 0.05) is 44.2 Å². The Bertz CT molecular complexity index is 754. The summed E-state index contributed by atoms with van der Waals surface area (Å²) in [6.45, 7) is 2.73. The van der Waals surface area contributed by atoms with E-state index in [1.807, 2.05) is 17.5 Å². The van der Waals surface area contributed by atoms with Gasteiger partial charge in [-0.15, -0.1) is 11.3 Å². The van der Waals surface area contributed by atoms with E-state index in [1.54, 1.807) is 34.6 Å². The number of hydrogen-bond donors (Lipinski definition) is 0. The minimum absolute atomic E-state index is 0.100. The highest BCUT2D eigenvalue weighted by molar-refractivity contribution is 7.13. The van der Waals surface area contributed by atoms with Crippen LogP contribution in [0.5, 0.6) is 0 Å². The molecule has 0 radical (unpaired) electrons. The minimum atomic E-state index is -0.709. The van der Waals surface area contributed by atoms with Crippen LogP contribution in [-0.2, 0) is 16.0 Å². The molecule has 1 amide bonds. The molecule has 3 heterocycles. The molecule has 0 saturated carbocycles. The van der Waals surface area contributed by atoms with Crippen molar-refractivity contribution in [1.82, 2.24) is 9.88 Å². The van der Waals surface area contributed by atoms with Crippen LogP contribution in [0, 0.1) is 0 Å². The molecule has 1 unspecified atom stereocenters. The Morgan fingerprint density at radius 2 is 2.00 bits per heavy atom. The average molecular weight is 343 g/mol. The summed E-state index contributed by atoms with van der Waals surface area (Å²) in [6.07, 6.45) is 1.53. The van der Waals surface area contributed by atoms with Gasteiger partial charge in [-0.1, -0.05) is 18.2 Å². The Kier molecular flexibility index (Phi) is 3.93. The highest BCUT2D eigenvalue weighted by Crippen LogP contribution is 2.23. The number of aromatic nitrogens is 1. The highest BCUT2D eigenvalue weighted by atomic mass is 32.1. The Morgan fingerprint density at radius 3 is 2.75 bits per heavy atom. The van der Waals surface area contributed by atoms with E-state index in [1.165, 1.54) is 0 Å². The average Bonchev–Trinajstić information content (AvgIpc) is 3.16. The van der Waals surface area contributed by atoms with Crippen molar-refractivity contribution >= 4 is 28.3 Å². The van der Waals surface area contributed by atoms with Crippen LogP contribution < -0.4 is 4.90 Å². The molecule has 124 valence electrons. The minimum Gasteiger partial charge on any atom is -0.448 e. The number of esters is 1. The van der Waals surface area contributed by atoms with Crippen molar-refractivity contribution in [3.63, 3.8) is 0 Å². The largest absolute Gasteiger partial charge is 0.448 e. The van der Waals surface area contributed by atoms with Crippen molar-refractivity contribution in [2.75, 3.05) is 31.1 Å². The molecule has 2 aromatic rings. The second kappa shape index (κ2) is 6.24. The third-order valence-electron chi connectivity index (χ3n) is 4.45. The fourth-order valence-corrected chi connectivity index (χ4v) is 3.86. The number of carbonyl (C=O) groups is 2. The number of piperazine rings is 1. The van der Waals surface area contributed by atoms with Gasteiger partial charge in [0.05, 0.1) is 5.56 Å². The Labute approximate surface area is 143 Å². The monoisotopic (exact) mass is 343 g/mol. The smallest absolute Gasteiger partial charge is 0.339 e. The summed E-state index contributed by atoms with van der Waals surface area (Å²) < 4.78 is 5.37. The summed E-state index contributed by atoms with van der Waals surface area (Å²) in [5.41, 5.74) is 1.45. The second-order valence-corrected chi connectivity index (χ2v) is 6.76. The van der Waals surface area contributed by atoms with E-state index in [2.05, 4.69) is 9.88 Å². The molecule has 0 spiro atoms. The van der Waals surface area contributed by atoms with Gasteiger partial charge in [0.1, 0.15) is 0 Å². The maximum atomic E-state index is 12.7. The Balaban J connectivity index is 1.41. The molecule has 1 fully saturated rings. The summed E-state index contributed by atoms with van der Waals surface area (Å²) in [7, 11) is 0. The van der Waals surface area contributed by atoms with Crippen LogP contribution in [0.25, 0.3) is 0 Å². The van der Waals surface area contributed by atoms with E-state index >= 15 is 0 Å². The zero-order valence-corrected chi connectivity index (χ0v) is 13.9. The molecule has 2 aliphatic heterocycles. The Morgan fingerprint density at radius 1 is 1.21 bits per heavy atom. The van der Waals surface area contributed by atoms with Gasteiger partial charge in [-0.05, 0) is 11.6 Å². The maximum Gasteiger partial charge on any atom is 0.339 e. The number of rotatable bonds is 2. The lowest BCUT2D eigenvalue weighted by atomic mass is 9.98. The Hall–Kier alpha value is -2.41. The molecule has 0 N–H and O–H groups in total. The molecule has 4 rings (SSSR count). The summed E-state index contributed by atoms with van der Waals surface area (Å²) in [5.74, 6) is -0.506. The predicted octanol–water partition coefficient (Wildman–Crippen LogP) is 1.57. The van der Waals surface area contributed by atoms with E-state index < -0.39 is 12.1 Å². The fraction of sp³-hybridized carbons (Fsp3) is 0.353. The number of thiazole rings is 1. The normalized spacial score (nSPS) is 20.5. The van der Waals surface area contributed by atoms with Crippen molar-refractivity contribution < 1.29 is 14.3 Å². The van der Waals surface area contributed by atoms with Crippen LogP contribution in [-0.4, -0.2) is 54.0 Å². The SMILES string of the molecule is O=C1OC(C(=O)N2CCN(c3nccs3)CC2)Cc2ccccc21. The molecule has 7 heteroatoms. The van der Waals surface area contributed by atoms with E-state index in [9.17, 15) is 9.59 Å². The van der Waals surface area contributed by atoms with Gasteiger partial charge in [-0.3, -0.25) is 4.79 Å². The number of nitrogens with zero attached hydrogens (tertiary/aromatic N) is 3. The molecule has 2 aliphatic rings. The number of carbonyl (C=O) groups excluding carboxylic acids is 2. The topological polar surface area (TPSA) is 62.7 Å². The summed E-state index contributed by atoms with van der Waals surface area (Å²) in [4.78, 5) is 33.1. The first kappa shape index (κ1) is 15.1. The zero-order valence-electron chi connectivity index (χ0n) is 13.1. The predicted molar refractivity (Wildman–Crippen MR) is 90.3 cm³/mol. The number of amides is 1. The molecule has 0 bridgehead atoms.